The zero-order chi connectivity index (χ0) is 14.3. The fraction of sp³-hybridized carbons (Fsp3) is 0.286. The molecular weight excluding hydrogens is 244 g/mol. The predicted octanol–water partition coefficient (Wildman–Crippen LogP) is 1.62. The second kappa shape index (κ2) is 7.07. The molecule has 0 fully saturated rings. The summed E-state index contributed by atoms with van der Waals surface area (Å²) in [6.45, 7) is 1.83. The molecule has 1 aromatic rings. The summed E-state index contributed by atoms with van der Waals surface area (Å²) in [6, 6.07) is 6.58. The highest BCUT2D eigenvalue weighted by Crippen LogP contribution is 2.15. The monoisotopic (exact) mass is 260 g/mol. The number of terminal acetylenes is 1. The average Bonchev–Trinajstić information content (AvgIpc) is 2.37. The minimum Gasteiger partial charge on any atom is -0.480 e. The Morgan fingerprint density at radius 1 is 1.37 bits per heavy atom. The quantitative estimate of drug-likeness (QED) is 0.624. The Balaban J connectivity index is 2.82. The fourth-order valence-electron chi connectivity index (χ4n) is 1.48. The fourth-order valence-corrected chi connectivity index (χ4v) is 1.48. The number of nitrogens with zero attached hydrogens (tertiary/aromatic N) is 1. The molecule has 5 heteroatoms. The summed E-state index contributed by atoms with van der Waals surface area (Å²) in [7, 11) is 0. The van der Waals surface area contributed by atoms with Crippen molar-refractivity contribution in [3.05, 3.63) is 29.8 Å². The number of amides is 2. The first-order chi connectivity index (χ1) is 9.04. The van der Waals surface area contributed by atoms with Gasteiger partial charge in [-0.3, -0.25) is 9.69 Å². The molecule has 1 rings (SSSR count). The zero-order valence-electron chi connectivity index (χ0n) is 10.7. The molecule has 0 aliphatic heterocycles. The Morgan fingerprint density at radius 2 is 2.00 bits per heavy atom. The molecule has 0 bridgehead atoms. The molecule has 0 aliphatic rings. The number of carbonyl (C=O) groups excluding carboxylic acids is 1. The van der Waals surface area contributed by atoms with Crippen molar-refractivity contribution >= 4 is 17.7 Å². The number of nitrogens with one attached hydrogen (secondary N) is 1. The molecule has 0 unspecified atom stereocenters. The summed E-state index contributed by atoms with van der Waals surface area (Å²) in [4.78, 5) is 23.9. The van der Waals surface area contributed by atoms with E-state index in [0.29, 0.717) is 18.7 Å². The molecule has 2 amide bonds. The highest BCUT2D eigenvalue weighted by molar-refractivity contribution is 5.96. The molecular formula is C14H16N2O3. The minimum absolute atomic E-state index is 0.317. The van der Waals surface area contributed by atoms with Crippen molar-refractivity contribution in [3.63, 3.8) is 0 Å². The van der Waals surface area contributed by atoms with Crippen LogP contribution in [0.25, 0.3) is 0 Å². The number of urea groups is 1. The lowest BCUT2D eigenvalue weighted by Gasteiger charge is -2.21. The highest BCUT2D eigenvalue weighted by Gasteiger charge is 2.18. The van der Waals surface area contributed by atoms with Gasteiger partial charge in [0, 0.05) is 18.7 Å². The third kappa shape index (κ3) is 4.72. The number of carbonyl (C=O) groups is 2. The van der Waals surface area contributed by atoms with Gasteiger partial charge in [-0.25, -0.2) is 4.79 Å². The van der Waals surface area contributed by atoms with Crippen LogP contribution in [0.1, 0.15) is 12.0 Å². The van der Waals surface area contributed by atoms with E-state index in [1.165, 1.54) is 0 Å². The van der Waals surface area contributed by atoms with Gasteiger partial charge in [-0.1, -0.05) is 17.7 Å². The van der Waals surface area contributed by atoms with E-state index >= 15 is 0 Å². The number of carboxylic acid groups (broad SMARTS) is 1. The summed E-state index contributed by atoms with van der Waals surface area (Å²) in [5.74, 6) is 1.32. The molecule has 1 aromatic carbocycles. The first-order valence-electron chi connectivity index (χ1n) is 5.82. The van der Waals surface area contributed by atoms with Gasteiger partial charge in [0.15, 0.2) is 0 Å². The lowest BCUT2D eigenvalue weighted by Crippen LogP contribution is -2.43. The minimum atomic E-state index is -1.08. The van der Waals surface area contributed by atoms with Crippen LogP contribution in [0.2, 0.25) is 0 Å². The molecule has 100 valence electrons. The lowest BCUT2D eigenvalue weighted by atomic mass is 10.2. The van der Waals surface area contributed by atoms with Crippen molar-refractivity contribution in [2.75, 3.05) is 18.0 Å². The summed E-state index contributed by atoms with van der Waals surface area (Å²) < 4.78 is 0. The number of hydrogen-bond acceptors (Lipinski definition) is 2. The third-order valence-corrected chi connectivity index (χ3v) is 2.43. The molecule has 5 nitrogen and oxygen atoms in total. The Hall–Kier alpha value is -2.48. The normalized spacial score (nSPS) is 9.47. The first-order valence-corrected chi connectivity index (χ1v) is 5.82. The van der Waals surface area contributed by atoms with E-state index < -0.39 is 18.5 Å². The van der Waals surface area contributed by atoms with Crippen molar-refractivity contribution in [3.8, 4) is 12.3 Å². The van der Waals surface area contributed by atoms with Crippen LogP contribution in [-0.2, 0) is 4.79 Å². The molecule has 2 N–H and O–H groups in total. The van der Waals surface area contributed by atoms with E-state index in [-0.39, 0.29) is 0 Å². The molecule has 0 heterocycles. The molecule has 0 saturated heterocycles. The Kier molecular flexibility index (Phi) is 5.42. The number of aliphatic carboxylic acids is 1. The predicted molar refractivity (Wildman–Crippen MR) is 73.0 cm³/mol. The maximum absolute atomic E-state index is 11.9. The van der Waals surface area contributed by atoms with Gasteiger partial charge < -0.3 is 10.4 Å². The number of hydrogen-bond donors (Lipinski definition) is 2. The molecule has 0 atom stereocenters. The summed E-state index contributed by atoms with van der Waals surface area (Å²) in [5, 5.41) is 11.4. The average molecular weight is 260 g/mol. The van der Waals surface area contributed by atoms with Crippen LogP contribution in [0.15, 0.2) is 24.3 Å². The van der Waals surface area contributed by atoms with E-state index in [1.54, 1.807) is 12.1 Å². The number of carboxylic acids is 1. The second-order valence-corrected chi connectivity index (χ2v) is 4.00. The van der Waals surface area contributed by atoms with Gasteiger partial charge in [0.1, 0.15) is 6.54 Å². The van der Waals surface area contributed by atoms with Crippen LogP contribution in [-0.4, -0.2) is 30.2 Å². The van der Waals surface area contributed by atoms with Gasteiger partial charge in [0.05, 0.1) is 0 Å². The molecule has 0 saturated carbocycles. The topological polar surface area (TPSA) is 69.6 Å². The van der Waals surface area contributed by atoms with E-state index in [2.05, 4.69) is 11.2 Å². The smallest absolute Gasteiger partial charge is 0.323 e. The summed E-state index contributed by atoms with van der Waals surface area (Å²) in [5.41, 5.74) is 1.57. The number of benzene rings is 1. The second-order valence-electron chi connectivity index (χ2n) is 4.00. The lowest BCUT2D eigenvalue weighted by molar-refractivity contribution is -0.135. The molecule has 0 radical (unpaired) electrons. The molecule has 0 spiro atoms. The van der Waals surface area contributed by atoms with Crippen molar-refractivity contribution < 1.29 is 14.7 Å². The van der Waals surface area contributed by atoms with Gasteiger partial charge in [0.25, 0.3) is 0 Å². The SMILES string of the molecule is C#CCCNC(=O)N(CC(=O)O)c1ccc(C)cc1. The van der Waals surface area contributed by atoms with Crippen LogP contribution < -0.4 is 10.2 Å². The molecule has 0 aromatic heterocycles. The standard InChI is InChI=1S/C14H16N2O3/c1-3-4-9-15-14(19)16(10-13(17)18)12-7-5-11(2)6-8-12/h1,5-8H,4,9-10H2,2H3,(H,15,19)(H,17,18). The number of anilines is 1. The number of rotatable bonds is 5. The van der Waals surface area contributed by atoms with Gasteiger partial charge in [-0.2, -0.15) is 0 Å². The summed E-state index contributed by atoms with van der Waals surface area (Å²) in [6.07, 6.45) is 5.49. The highest BCUT2D eigenvalue weighted by atomic mass is 16.4. The van der Waals surface area contributed by atoms with Crippen LogP contribution in [0.4, 0.5) is 10.5 Å². The van der Waals surface area contributed by atoms with E-state index in [1.807, 2.05) is 19.1 Å². The maximum atomic E-state index is 11.9. The summed E-state index contributed by atoms with van der Waals surface area (Å²) >= 11 is 0. The van der Waals surface area contributed by atoms with Crippen molar-refractivity contribution in [1.29, 1.82) is 0 Å². The van der Waals surface area contributed by atoms with Crippen LogP contribution in [0.3, 0.4) is 0 Å². The van der Waals surface area contributed by atoms with E-state index in [4.69, 9.17) is 11.5 Å². The first kappa shape index (κ1) is 14.6. The van der Waals surface area contributed by atoms with Gasteiger partial charge >= 0.3 is 12.0 Å². The maximum Gasteiger partial charge on any atom is 0.323 e. The van der Waals surface area contributed by atoms with Crippen LogP contribution in [0, 0.1) is 19.3 Å². The van der Waals surface area contributed by atoms with E-state index in [9.17, 15) is 9.59 Å². The molecule has 19 heavy (non-hydrogen) atoms. The van der Waals surface area contributed by atoms with Gasteiger partial charge in [-0.15, -0.1) is 12.3 Å². The Labute approximate surface area is 112 Å². The van der Waals surface area contributed by atoms with Crippen molar-refractivity contribution in [1.82, 2.24) is 5.32 Å². The van der Waals surface area contributed by atoms with Gasteiger partial charge in [0.2, 0.25) is 0 Å². The van der Waals surface area contributed by atoms with Crippen molar-refractivity contribution in [2.24, 2.45) is 0 Å². The third-order valence-electron chi connectivity index (χ3n) is 2.43. The van der Waals surface area contributed by atoms with Crippen LogP contribution in [0.5, 0.6) is 0 Å². The Bertz CT molecular complexity index is 488. The largest absolute Gasteiger partial charge is 0.480 e. The van der Waals surface area contributed by atoms with Crippen molar-refractivity contribution in [2.45, 2.75) is 13.3 Å². The van der Waals surface area contributed by atoms with E-state index in [0.717, 1.165) is 10.5 Å². The number of aryl methyl sites for hydroxylation is 1. The van der Waals surface area contributed by atoms with Gasteiger partial charge in [-0.05, 0) is 19.1 Å². The van der Waals surface area contributed by atoms with Crippen LogP contribution >= 0.6 is 0 Å². The zero-order valence-corrected chi connectivity index (χ0v) is 10.7. The Morgan fingerprint density at radius 3 is 2.53 bits per heavy atom. The molecule has 0 aliphatic carbocycles.